The van der Waals surface area contributed by atoms with Gasteiger partial charge in [-0.3, -0.25) is 4.90 Å². The Labute approximate surface area is 124 Å². The third-order valence-electron chi connectivity index (χ3n) is 3.54. The van der Waals surface area contributed by atoms with Crippen molar-refractivity contribution in [1.82, 2.24) is 10.2 Å². The quantitative estimate of drug-likeness (QED) is 0.652. The minimum atomic E-state index is 0.491. The van der Waals surface area contributed by atoms with Gasteiger partial charge in [0.05, 0.1) is 13.1 Å². The van der Waals surface area contributed by atoms with Gasteiger partial charge in [-0.1, -0.05) is 33.6 Å². The van der Waals surface area contributed by atoms with Gasteiger partial charge in [-0.15, -0.1) is 0 Å². The summed E-state index contributed by atoms with van der Waals surface area (Å²) in [6.45, 7) is 14.0. The van der Waals surface area contributed by atoms with Crippen LogP contribution in [0.1, 0.15) is 65.4 Å². The van der Waals surface area contributed by atoms with Crippen LogP contribution >= 0.6 is 0 Å². The average molecular weight is 280 g/mol. The first-order valence-electron chi connectivity index (χ1n) is 8.08. The van der Waals surface area contributed by atoms with Crippen molar-refractivity contribution in [3.05, 3.63) is 23.7 Å². The smallest absolute Gasteiger partial charge is 0.118 e. The zero-order valence-electron chi connectivity index (χ0n) is 13.9. The summed E-state index contributed by atoms with van der Waals surface area (Å²) in [4.78, 5) is 2.49. The lowest BCUT2D eigenvalue weighted by molar-refractivity contribution is 0.191. The number of nitrogens with one attached hydrogen (secondary N) is 1. The van der Waals surface area contributed by atoms with Crippen LogP contribution in [0.4, 0.5) is 0 Å². The van der Waals surface area contributed by atoms with Gasteiger partial charge >= 0.3 is 0 Å². The molecule has 1 heterocycles. The van der Waals surface area contributed by atoms with Gasteiger partial charge in [0.25, 0.3) is 0 Å². The second kappa shape index (κ2) is 9.19. The molecule has 0 saturated heterocycles. The van der Waals surface area contributed by atoms with E-state index in [1.165, 1.54) is 19.3 Å². The van der Waals surface area contributed by atoms with Crippen LogP contribution < -0.4 is 5.32 Å². The van der Waals surface area contributed by atoms with Crippen molar-refractivity contribution in [3.8, 4) is 0 Å². The van der Waals surface area contributed by atoms with Gasteiger partial charge in [-0.2, -0.15) is 0 Å². The van der Waals surface area contributed by atoms with Gasteiger partial charge in [0.1, 0.15) is 11.5 Å². The summed E-state index contributed by atoms with van der Waals surface area (Å²) in [5, 5.41) is 3.39. The molecular weight excluding hydrogens is 248 g/mol. The molecule has 0 saturated carbocycles. The Morgan fingerprint density at radius 2 is 1.80 bits per heavy atom. The van der Waals surface area contributed by atoms with E-state index in [4.69, 9.17) is 4.42 Å². The molecule has 0 radical (unpaired) electrons. The fraction of sp³-hybridized carbons (Fsp3) is 0.765. The molecule has 116 valence electrons. The van der Waals surface area contributed by atoms with E-state index >= 15 is 0 Å². The summed E-state index contributed by atoms with van der Waals surface area (Å²) in [7, 11) is 0. The predicted molar refractivity (Wildman–Crippen MR) is 85.8 cm³/mol. The zero-order valence-corrected chi connectivity index (χ0v) is 13.9. The lowest BCUT2D eigenvalue weighted by atomic mass is 10.2. The molecule has 3 nitrogen and oxygen atoms in total. The van der Waals surface area contributed by atoms with Crippen molar-refractivity contribution in [2.75, 3.05) is 6.54 Å². The van der Waals surface area contributed by atoms with Gasteiger partial charge in [-0.25, -0.2) is 0 Å². The van der Waals surface area contributed by atoms with Crippen molar-refractivity contribution in [2.24, 2.45) is 0 Å². The van der Waals surface area contributed by atoms with Crippen LogP contribution in [0.5, 0.6) is 0 Å². The van der Waals surface area contributed by atoms with Crippen LogP contribution in [0.15, 0.2) is 16.5 Å². The Morgan fingerprint density at radius 1 is 1.10 bits per heavy atom. The number of hydrogen-bond acceptors (Lipinski definition) is 3. The standard InChI is InChI=1S/C17H32N2O/c1-6-7-8-11-19(15(4)5)13-17-10-9-16(20-17)12-18-14(2)3/h9-10,14-15,18H,6-8,11-13H2,1-5H3. The number of furan rings is 1. The average Bonchev–Trinajstić information content (AvgIpc) is 2.83. The highest BCUT2D eigenvalue weighted by atomic mass is 16.3. The Morgan fingerprint density at radius 3 is 2.40 bits per heavy atom. The summed E-state index contributed by atoms with van der Waals surface area (Å²) in [6.07, 6.45) is 3.86. The molecule has 0 fully saturated rings. The highest BCUT2D eigenvalue weighted by Gasteiger charge is 2.12. The number of unbranched alkanes of at least 4 members (excludes halogenated alkanes) is 2. The lowest BCUT2D eigenvalue weighted by Gasteiger charge is -2.25. The van der Waals surface area contributed by atoms with Crippen molar-refractivity contribution < 1.29 is 4.42 Å². The summed E-state index contributed by atoms with van der Waals surface area (Å²) in [6, 6.07) is 5.26. The Bertz CT molecular complexity index is 358. The van der Waals surface area contributed by atoms with Gasteiger partial charge in [0, 0.05) is 12.1 Å². The summed E-state index contributed by atoms with van der Waals surface area (Å²) < 4.78 is 5.92. The largest absolute Gasteiger partial charge is 0.463 e. The fourth-order valence-electron chi connectivity index (χ4n) is 2.19. The maximum absolute atomic E-state index is 5.92. The molecule has 1 aromatic rings. The third-order valence-corrected chi connectivity index (χ3v) is 3.54. The first-order chi connectivity index (χ1) is 9.52. The van der Waals surface area contributed by atoms with E-state index in [1.54, 1.807) is 0 Å². The third kappa shape index (κ3) is 6.58. The first-order valence-corrected chi connectivity index (χ1v) is 8.08. The molecule has 1 aromatic heterocycles. The van der Waals surface area contributed by atoms with E-state index in [9.17, 15) is 0 Å². The van der Waals surface area contributed by atoms with Crippen molar-refractivity contribution >= 4 is 0 Å². The molecule has 0 spiro atoms. The molecule has 0 atom stereocenters. The molecular formula is C17H32N2O. The van der Waals surface area contributed by atoms with Crippen LogP contribution in [0.2, 0.25) is 0 Å². The SMILES string of the molecule is CCCCCN(Cc1ccc(CNC(C)C)o1)C(C)C. The lowest BCUT2D eigenvalue weighted by Crippen LogP contribution is -2.31. The normalized spacial score (nSPS) is 12.0. The van der Waals surface area contributed by atoms with E-state index in [-0.39, 0.29) is 0 Å². The second-order valence-electron chi connectivity index (χ2n) is 6.17. The minimum absolute atomic E-state index is 0.491. The molecule has 1 N–H and O–H groups in total. The number of nitrogens with zero attached hydrogens (tertiary/aromatic N) is 1. The minimum Gasteiger partial charge on any atom is -0.463 e. The maximum Gasteiger partial charge on any atom is 0.118 e. The van der Waals surface area contributed by atoms with Gasteiger partial charge in [0.15, 0.2) is 0 Å². The molecule has 0 aromatic carbocycles. The Balaban J connectivity index is 2.47. The molecule has 3 heteroatoms. The van der Waals surface area contributed by atoms with E-state index in [0.717, 1.165) is 31.2 Å². The number of rotatable bonds is 10. The molecule has 0 amide bonds. The van der Waals surface area contributed by atoms with Crippen LogP contribution in [0.25, 0.3) is 0 Å². The molecule has 0 bridgehead atoms. The van der Waals surface area contributed by atoms with Crippen molar-refractivity contribution in [2.45, 2.75) is 79.1 Å². The van der Waals surface area contributed by atoms with Gasteiger partial charge in [0.2, 0.25) is 0 Å². The summed E-state index contributed by atoms with van der Waals surface area (Å²) in [5.41, 5.74) is 0. The predicted octanol–water partition coefficient (Wildman–Crippen LogP) is 4.18. The molecule has 0 aliphatic rings. The monoisotopic (exact) mass is 280 g/mol. The molecule has 0 unspecified atom stereocenters. The van der Waals surface area contributed by atoms with Crippen LogP contribution in [0.3, 0.4) is 0 Å². The van der Waals surface area contributed by atoms with Crippen LogP contribution in [0, 0.1) is 0 Å². The number of hydrogen-bond donors (Lipinski definition) is 1. The van der Waals surface area contributed by atoms with E-state index in [0.29, 0.717) is 12.1 Å². The van der Waals surface area contributed by atoms with Crippen molar-refractivity contribution in [1.29, 1.82) is 0 Å². The Kier molecular flexibility index (Phi) is 7.93. The van der Waals surface area contributed by atoms with E-state index < -0.39 is 0 Å². The van der Waals surface area contributed by atoms with Crippen LogP contribution in [-0.4, -0.2) is 23.5 Å². The van der Waals surface area contributed by atoms with Gasteiger partial charge < -0.3 is 9.73 Å². The highest BCUT2D eigenvalue weighted by molar-refractivity contribution is 5.07. The van der Waals surface area contributed by atoms with E-state index in [1.807, 2.05) is 0 Å². The Hall–Kier alpha value is -0.800. The summed E-state index contributed by atoms with van der Waals surface area (Å²) >= 11 is 0. The molecule has 0 aliphatic carbocycles. The maximum atomic E-state index is 5.92. The highest BCUT2D eigenvalue weighted by Crippen LogP contribution is 2.14. The topological polar surface area (TPSA) is 28.4 Å². The summed E-state index contributed by atoms with van der Waals surface area (Å²) in [5.74, 6) is 2.11. The first kappa shape index (κ1) is 17.3. The molecule has 0 aliphatic heterocycles. The van der Waals surface area contributed by atoms with Gasteiger partial charge in [-0.05, 0) is 38.9 Å². The van der Waals surface area contributed by atoms with Crippen LogP contribution in [-0.2, 0) is 13.1 Å². The van der Waals surface area contributed by atoms with E-state index in [2.05, 4.69) is 57.0 Å². The molecule has 20 heavy (non-hydrogen) atoms. The fourth-order valence-corrected chi connectivity index (χ4v) is 2.19. The zero-order chi connectivity index (χ0) is 15.0. The molecule has 1 rings (SSSR count). The van der Waals surface area contributed by atoms with Crippen molar-refractivity contribution in [3.63, 3.8) is 0 Å². The second-order valence-corrected chi connectivity index (χ2v) is 6.17.